The number of rotatable bonds is 5. The Balaban J connectivity index is 1.51. The average molecular weight is 317 g/mol. The van der Waals surface area contributed by atoms with Crippen molar-refractivity contribution in [2.75, 3.05) is 13.1 Å². The van der Waals surface area contributed by atoms with Crippen LogP contribution in [0.2, 0.25) is 0 Å². The van der Waals surface area contributed by atoms with Crippen LogP contribution in [0, 0.1) is 5.82 Å². The molecule has 1 N–H and O–H groups in total. The first-order chi connectivity index (χ1) is 11.2. The van der Waals surface area contributed by atoms with E-state index in [1.807, 2.05) is 30.3 Å². The summed E-state index contributed by atoms with van der Waals surface area (Å²) in [5.74, 6) is 1.25. The number of piperidine rings is 1. The third-order valence-electron chi connectivity index (χ3n) is 3.84. The van der Waals surface area contributed by atoms with Crippen LogP contribution >= 0.6 is 0 Å². The molecule has 0 aliphatic carbocycles. The highest BCUT2D eigenvalue weighted by Crippen LogP contribution is 2.22. The monoisotopic (exact) mass is 317 g/mol. The van der Waals surface area contributed by atoms with E-state index >= 15 is 0 Å². The van der Waals surface area contributed by atoms with Crippen LogP contribution in [0.4, 0.5) is 4.39 Å². The molecular formula is C18H20FNO3. The van der Waals surface area contributed by atoms with Crippen molar-refractivity contribution < 1.29 is 19.1 Å². The Hall–Kier alpha value is -2.11. The summed E-state index contributed by atoms with van der Waals surface area (Å²) in [6.45, 7) is 1.60. The maximum Gasteiger partial charge on any atom is 0.123 e. The Morgan fingerprint density at radius 1 is 1.04 bits per heavy atom. The minimum Gasteiger partial charge on any atom is -0.490 e. The quantitative estimate of drug-likeness (QED) is 0.914. The minimum absolute atomic E-state index is 0.137. The van der Waals surface area contributed by atoms with Gasteiger partial charge in [-0.15, -0.1) is 0 Å². The molecular weight excluding hydrogens is 297 g/mol. The van der Waals surface area contributed by atoms with Crippen molar-refractivity contribution >= 4 is 0 Å². The molecule has 0 spiro atoms. The molecule has 23 heavy (non-hydrogen) atoms. The SMILES string of the molecule is ON1CCC(Oc2ccc(OCc3cccc(F)c3)cc2)CC1. The molecule has 2 aromatic rings. The predicted molar refractivity (Wildman–Crippen MR) is 84.2 cm³/mol. The normalized spacial score (nSPS) is 16.3. The topological polar surface area (TPSA) is 41.9 Å². The van der Waals surface area contributed by atoms with Crippen LogP contribution in [-0.2, 0) is 6.61 Å². The van der Waals surface area contributed by atoms with Crippen LogP contribution in [0.3, 0.4) is 0 Å². The van der Waals surface area contributed by atoms with E-state index in [4.69, 9.17) is 9.47 Å². The summed E-state index contributed by atoms with van der Waals surface area (Å²) >= 11 is 0. The highest BCUT2D eigenvalue weighted by atomic mass is 19.1. The highest BCUT2D eigenvalue weighted by molar-refractivity contribution is 5.31. The fourth-order valence-electron chi connectivity index (χ4n) is 2.56. The van der Waals surface area contributed by atoms with Gasteiger partial charge in [-0.25, -0.2) is 4.39 Å². The van der Waals surface area contributed by atoms with E-state index in [2.05, 4.69) is 0 Å². The highest BCUT2D eigenvalue weighted by Gasteiger charge is 2.19. The van der Waals surface area contributed by atoms with Crippen LogP contribution < -0.4 is 9.47 Å². The average Bonchev–Trinajstić information content (AvgIpc) is 2.56. The molecule has 0 amide bonds. The number of nitrogens with zero attached hydrogens (tertiary/aromatic N) is 1. The Labute approximate surface area is 135 Å². The van der Waals surface area contributed by atoms with Gasteiger partial charge in [0.2, 0.25) is 0 Å². The van der Waals surface area contributed by atoms with Crippen molar-refractivity contribution in [2.45, 2.75) is 25.6 Å². The van der Waals surface area contributed by atoms with E-state index in [0.29, 0.717) is 25.4 Å². The Kier molecular flexibility index (Phi) is 5.10. The van der Waals surface area contributed by atoms with Crippen molar-refractivity contribution in [3.05, 3.63) is 59.9 Å². The molecule has 0 aromatic heterocycles. The van der Waals surface area contributed by atoms with Gasteiger partial charge in [-0.2, -0.15) is 5.06 Å². The molecule has 3 rings (SSSR count). The first-order valence-corrected chi connectivity index (χ1v) is 7.77. The third-order valence-corrected chi connectivity index (χ3v) is 3.84. The van der Waals surface area contributed by atoms with Crippen LogP contribution in [0.25, 0.3) is 0 Å². The van der Waals surface area contributed by atoms with Gasteiger partial charge < -0.3 is 14.7 Å². The molecule has 4 nitrogen and oxygen atoms in total. The second-order valence-corrected chi connectivity index (χ2v) is 5.66. The number of ether oxygens (including phenoxy) is 2. The summed E-state index contributed by atoms with van der Waals surface area (Å²) < 4.78 is 24.6. The van der Waals surface area contributed by atoms with Crippen LogP contribution in [0.1, 0.15) is 18.4 Å². The number of hydroxylamine groups is 2. The van der Waals surface area contributed by atoms with E-state index in [9.17, 15) is 9.60 Å². The Bertz CT molecular complexity index is 624. The molecule has 1 heterocycles. The molecule has 122 valence electrons. The van der Waals surface area contributed by atoms with Crippen LogP contribution in [0.5, 0.6) is 11.5 Å². The van der Waals surface area contributed by atoms with Crippen LogP contribution in [0.15, 0.2) is 48.5 Å². The van der Waals surface area contributed by atoms with E-state index in [-0.39, 0.29) is 11.9 Å². The summed E-state index contributed by atoms with van der Waals surface area (Å²) in [7, 11) is 0. The number of hydrogen-bond acceptors (Lipinski definition) is 4. The van der Waals surface area contributed by atoms with Crippen molar-refractivity contribution in [3.8, 4) is 11.5 Å². The van der Waals surface area contributed by atoms with Gasteiger partial charge in [0, 0.05) is 13.1 Å². The second-order valence-electron chi connectivity index (χ2n) is 5.66. The molecule has 1 saturated heterocycles. The van der Waals surface area contributed by atoms with Crippen LogP contribution in [-0.4, -0.2) is 29.5 Å². The van der Waals surface area contributed by atoms with Crippen molar-refractivity contribution in [1.82, 2.24) is 5.06 Å². The van der Waals surface area contributed by atoms with Crippen molar-refractivity contribution in [2.24, 2.45) is 0 Å². The summed E-state index contributed by atoms with van der Waals surface area (Å²) in [6, 6.07) is 13.8. The number of benzene rings is 2. The zero-order valence-corrected chi connectivity index (χ0v) is 12.8. The van der Waals surface area contributed by atoms with E-state index < -0.39 is 0 Å². The molecule has 5 heteroatoms. The molecule has 0 unspecified atom stereocenters. The maximum atomic E-state index is 13.1. The summed E-state index contributed by atoms with van der Waals surface area (Å²) in [5.41, 5.74) is 0.793. The zero-order chi connectivity index (χ0) is 16.1. The molecule has 0 bridgehead atoms. The fraction of sp³-hybridized carbons (Fsp3) is 0.333. The van der Waals surface area contributed by atoms with Crippen molar-refractivity contribution in [3.63, 3.8) is 0 Å². The molecule has 1 aliphatic rings. The van der Waals surface area contributed by atoms with Gasteiger partial charge in [-0.1, -0.05) is 12.1 Å². The number of halogens is 1. The van der Waals surface area contributed by atoms with E-state index in [1.165, 1.54) is 17.2 Å². The largest absolute Gasteiger partial charge is 0.490 e. The first kappa shape index (κ1) is 15.8. The van der Waals surface area contributed by atoms with Gasteiger partial charge >= 0.3 is 0 Å². The fourth-order valence-corrected chi connectivity index (χ4v) is 2.56. The predicted octanol–water partition coefficient (Wildman–Crippen LogP) is 3.64. The molecule has 1 aliphatic heterocycles. The molecule has 0 saturated carbocycles. The lowest BCUT2D eigenvalue weighted by atomic mass is 10.1. The van der Waals surface area contributed by atoms with Gasteiger partial charge in [0.15, 0.2) is 0 Å². The summed E-state index contributed by atoms with van der Waals surface area (Å²) in [4.78, 5) is 0. The maximum absolute atomic E-state index is 13.1. The van der Waals surface area contributed by atoms with Gasteiger partial charge in [0.1, 0.15) is 30.0 Å². The first-order valence-electron chi connectivity index (χ1n) is 7.77. The van der Waals surface area contributed by atoms with Gasteiger partial charge in [-0.05, 0) is 54.8 Å². The smallest absolute Gasteiger partial charge is 0.123 e. The van der Waals surface area contributed by atoms with Gasteiger partial charge in [0.05, 0.1) is 0 Å². The minimum atomic E-state index is -0.260. The van der Waals surface area contributed by atoms with E-state index in [1.54, 1.807) is 6.07 Å². The lowest BCUT2D eigenvalue weighted by Gasteiger charge is -2.27. The molecule has 0 radical (unpaired) electrons. The Morgan fingerprint density at radius 3 is 2.43 bits per heavy atom. The standard InChI is InChI=1S/C18H20FNO3/c19-15-3-1-2-14(12-15)13-22-16-4-6-17(7-5-16)23-18-8-10-20(21)11-9-18/h1-7,12,18,21H,8-11,13H2. The van der Waals surface area contributed by atoms with E-state index in [0.717, 1.165) is 24.2 Å². The lowest BCUT2D eigenvalue weighted by Crippen LogP contribution is -2.36. The summed E-state index contributed by atoms with van der Waals surface area (Å²) in [5, 5.41) is 10.7. The third kappa shape index (κ3) is 4.68. The van der Waals surface area contributed by atoms with Gasteiger partial charge in [-0.3, -0.25) is 0 Å². The number of hydrogen-bond donors (Lipinski definition) is 1. The van der Waals surface area contributed by atoms with Gasteiger partial charge in [0.25, 0.3) is 0 Å². The lowest BCUT2D eigenvalue weighted by molar-refractivity contribution is -0.118. The molecule has 0 atom stereocenters. The summed E-state index contributed by atoms with van der Waals surface area (Å²) in [6.07, 6.45) is 1.76. The Morgan fingerprint density at radius 2 is 1.74 bits per heavy atom. The molecule has 1 fully saturated rings. The zero-order valence-electron chi connectivity index (χ0n) is 12.8. The second kappa shape index (κ2) is 7.44. The molecule has 2 aromatic carbocycles. The van der Waals surface area contributed by atoms with Crippen molar-refractivity contribution in [1.29, 1.82) is 0 Å².